The van der Waals surface area contributed by atoms with E-state index in [0.29, 0.717) is 6.04 Å². The third-order valence-corrected chi connectivity index (χ3v) is 4.49. The molecule has 0 aliphatic heterocycles. The molecule has 1 unspecified atom stereocenters. The molecule has 0 radical (unpaired) electrons. The van der Waals surface area contributed by atoms with Gasteiger partial charge in [-0.1, -0.05) is 39.0 Å². The van der Waals surface area contributed by atoms with E-state index in [0.717, 1.165) is 18.9 Å². The van der Waals surface area contributed by atoms with Crippen molar-refractivity contribution in [3.8, 4) is 0 Å². The van der Waals surface area contributed by atoms with Crippen LogP contribution in [0, 0.1) is 5.92 Å². The van der Waals surface area contributed by atoms with Crippen molar-refractivity contribution >= 4 is 0 Å². The van der Waals surface area contributed by atoms with Gasteiger partial charge in [0.25, 0.3) is 0 Å². The summed E-state index contributed by atoms with van der Waals surface area (Å²) in [5.41, 5.74) is 0. The van der Waals surface area contributed by atoms with Crippen LogP contribution >= 0.6 is 0 Å². The van der Waals surface area contributed by atoms with Crippen LogP contribution in [0.5, 0.6) is 0 Å². The summed E-state index contributed by atoms with van der Waals surface area (Å²) in [7, 11) is 2.09. The fourth-order valence-corrected chi connectivity index (χ4v) is 3.29. The lowest BCUT2D eigenvalue weighted by Gasteiger charge is -2.24. The molecule has 0 spiro atoms. The Morgan fingerprint density at radius 3 is 2.79 bits per heavy atom. The summed E-state index contributed by atoms with van der Waals surface area (Å²) >= 11 is 0. The van der Waals surface area contributed by atoms with Gasteiger partial charge in [-0.2, -0.15) is 0 Å². The van der Waals surface area contributed by atoms with Gasteiger partial charge in [0.2, 0.25) is 0 Å². The number of aryl methyl sites for hydroxylation is 1. The van der Waals surface area contributed by atoms with E-state index in [1.807, 2.05) is 12.4 Å². The number of rotatable bonds is 7. The van der Waals surface area contributed by atoms with E-state index >= 15 is 0 Å². The molecular formula is C16H29N3. The normalized spacial score (nSPS) is 18.6. The van der Waals surface area contributed by atoms with Gasteiger partial charge in [-0.15, -0.1) is 0 Å². The molecule has 0 aromatic carbocycles. The zero-order valence-electron chi connectivity index (χ0n) is 12.6. The van der Waals surface area contributed by atoms with Gasteiger partial charge in [-0.05, 0) is 25.3 Å². The highest BCUT2D eigenvalue weighted by atomic mass is 15.0. The van der Waals surface area contributed by atoms with Crippen LogP contribution in [-0.2, 0) is 13.5 Å². The Labute approximate surface area is 117 Å². The number of hydrogen-bond acceptors (Lipinski definition) is 2. The number of aromatic nitrogens is 2. The summed E-state index contributed by atoms with van der Waals surface area (Å²) in [4.78, 5) is 4.46. The molecule has 1 aromatic rings. The average molecular weight is 263 g/mol. The molecule has 0 bridgehead atoms. The highest BCUT2D eigenvalue weighted by Gasteiger charge is 2.17. The lowest BCUT2D eigenvalue weighted by molar-refractivity contribution is 0.312. The first-order chi connectivity index (χ1) is 9.29. The Hall–Kier alpha value is -0.830. The van der Waals surface area contributed by atoms with Gasteiger partial charge in [0.15, 0.2) is 0 Å². The molecular weight excluding hydrogens is 234 g/mol. The molecule has 0 amide bonds. The molecule has 3 heteroatoms. The Balaban J connectivity index is 1.80. The van der Waals surface area contributed by atoms with Crippen LogP contribution < -0.4 is 5.32 Å². The predicted octanol–water partition coefficient (Wildman–Crippen LogP) is 3.30. The first kappa shape index (κ1) is 14.6. The molecule has 1 saturated carbocycles. The van der Waals surface area contributed by atoms with Crippen molar-refractivity contribution in [3.05, 3.63) is 18.2 Å². The maximum Gasteiger partial charge on any atom is 0.109 e. The van der Waals surface area contributed by atoms with Crippen LogP contribution in [-0.4, -0.2) is 22.1 Å². The van der Waals surface area contributed by atoms with E-state index in [2.05, 4.69) is 28.8 Å². The van der Waals surface area contributed by atoms with Crippen LogP contribution in [0.4, 0.5) is 0 Å². The van der Waals surface area contributed by atoms with Gasteiger partial charge in [0.05, 0.1) is 0 Å². The number of nitrogens with zero attached hydrogens (tertiary/aromatic N) is 2. The van der Waals surface area contributed by atoms with Crippen molar-refractivity contribution in [2.45, 2.75) is 64.3 Å². The van der Waals surface area contributed by atoms with Crippen LogP contribution in [0.15, 0.2) is 12.4 Å². The van der Waals surface area contributed by atoms with E-state index in [4.69, 9.17) is 0 Å². The first-order valence-corrected chi connectivity index (χ1v) is 7.99. The lowest BCUT2D eigenvalue weighted by atomic mass is 9.85. The van der Waals surface area contributed by atoms with Gasteiger partial charge in [-0.25, -0.2) is 4.98 Å². The molecule has 108 valence electrons. The highest BCUT2D eigenvalue weighted by molar-refractivity contribution is 4.94. The largest absolute Gasteiger partial charge is 0.338 e. The Morgan fingerprint density at radius 2 is 2.16 bits per heavy atom. The summed E-state index contributed by atoms with van der Waals surface area (Å²) in [5, 5.41) is 3.63. The molecule has 1 aliphatic carbocycles. The number of likely N-dealkylation sites (N-methyl/N-ethyl adjacent to an activating group) is 1. The second-order valence-corrected chi connectivity index (χ2v) is 5.99. The zero-order valence-corrected chi connectivity index (χ0v) is 12.6. The summed E-state index contributed by atoms with van der Waals surface area (Å²) < 4.78 is 2.14. The standard InChI is InChI=1S/C16H29N3/c1-3-17-15(13-16-18-11-12-19(16)2)10-9-14-7-5-4-6-8-14/h11-12,14-15,17H,3-10,13H2,1-2H3. The molecule has 1 N–H and O–H groups in total. The van der Waals surface area contributed by atoms with Crippen LogP contribution in [0.2, 0.25) is 0 Å². The molecule has 1 heterocycles. The minimum Gasteiger partial charge on any atom is -0.338 e. The number of imidazole rings is 1. The van der Waals surface area contributed by atoms with Crippen molar-refractivity contribution in [1.29, 1.82) is 0 Å². The van der Waals surface area contributed by atoms with E-state index < -0.39 is 0 Å². The van der Waals surface area contributed by atoms with E-state index in [1.165, 1.54) is 50.8 Å². The zero-order chi connectivity index (χ0) is 13.5. The van der Waals surface area contributed by atoms with Gasteiger partial charge in [0.1, 0.15) is 5.82 Å². The fraction of sp³-hybridized carbons (Fsp3) is 0.812. The third kappa shape index (κ3) is 4.64. The number of nitrogens with one attached hydrogen (secondary N) is 1. The summed E-state index contributed by atoms with van der Waals surface area (Å²) in [6.45, 7) is 3.26. The van der Waals surface area contributed by atoms with Crippen LogP contribution in [0.3, 0.4) is 0 Å². The smallest absolute Gasteiger partial charge is 0.109 e. The quantitative estimate of drug-likeness (QED) is 0.818. The Bertz CT molecular complexity index is 353. The second kappa shape index (κ2) is 7.68. The van der Waals surface area contributed by atoms with Crippen molar-refractivity contribution in [2.24, 2.45) is 13.0 Å². The van der Waals surface area contributed by atoms with Crippen LogP contribution in [0.25, 0.3) is 0 Å². The molecule has 2 rings (SSSR count). The third-order valence-electron chi connectivity index (χ3n) is 4.49. The van der Waals surface area contributed by atoms with Gasteiger partial charge < -0.3 is 9.88 Å². The van der Waals surface area contributed by atoms with Gasteiger partial charge in [0, 0.05) is 31.9 Å². The van der Waals surface area contributed by atoms with E-state index in [-0.39, 0.29) is 0 Å². The Kier molecular flexibility index (Phi) is 5.90. The minimum absolute atomic E-state index is 0.591. The molecule has 19 heavy (non-hydrogen) atoms. The van der Waals surface area contributed by atoms with Crippen LogP contribution in [0.1, 0.15) is 57.7 Å². The highest BCUT2D eigenvalue weighted by Crippen LogP contribution is 2.28. The fourth-order valence-electron chi connectivity index (χ4n) is 3.29. The van der Waals surface area contributed by atoms with Crippen molar-refractivity contribution in [2.75, 3.05) is 6.54 Å². The lowest BCUT2D eigenvalue weighted by Crippen LogP contribution is -2.32. The molecule has 0 saturated heterocycles. The Morgan fingerprint density at radius 1 is 1.37 bits per heavy atom. The van der Waals surface area contributed by atoms with Crippen molar-refractivity contribution in [3.63, 3.8) is 0 Å². The molecule has 1 atom stereocenters. The van der Waals surface area contributed by atoms with E-state index in [9.17, 15) is 0 Å². The summed E-state index contributed by atoms with van der Waals surface area (Å²) in [6, 6.07) is 0.591. The molecule has 3 nitrogen and oxygen atoms in total. The second-order valence-electron chi connectivity index (χ2n) is 5.99. The predicted molar refractivity (Wildman–Crippen MR) is 80.2 cm³/mol. The minimum atomic E-state index is 0.591. The average Bonchev–Trinajstić information content (AvgIpc) is 2.83. The SMILES string of the molecule is CCNC(CCC1CCCCC1)Cc1nccn1C. The first-order valence-electron chi connectivity index (χ1n) is 7.99. The molecule has 1 aromatic heterocycles. The topological polar surface area (TPSA) is 29.9 Å². The summed E-state index contributed by atoms with van der Waals surface area (Å²) in [6.07, 6.45) is 15.0. The van der Waals surface area contributed by atoms with Crippen molar-refractivity contribution in [1.82, 2.24) is 14.9 Å². The van der Waals surface area contributed by atoms with Gasteiger partial charge >= 0.3 is 0 Å². The maximum atomic E-state index is 4.46. The molecule has 1 aliphatic rings. The number of hydrogen-bond donors (Lipinski definition) is 1. The summed E-state index contributed by atoms with van der Waals surface area (Å²) in [5.74, 6) is 2.19. The van der Waals surface area contributed by atoms with Crippen molar-refractivity contribution < 1.29 is 0 Å². The molecule has 1 fully saturated rings. The maximum absolute atomic E-state index is 4.46. The van der Waals surface area contributed by atoms with Gasteiger partial charge in [-0.3, -0.25) is 0 Å². The van der Waals surface area contributed by atoms with E-state index in [1.54, 1.807) is 0 Å². The monoisotopic (exact) mass is 263 g/mol.